The molecule has 0 atom stereocenters. The summed E-state index contributed by atoms with van der Waals surface area (Å²) in [5.41, 5.74) is 13.3. The number of allylic oxidation sites excluding steroid dienone is 4. The van der Waals surface area contributed by atoms with E-state index in [4.69, 9.17) is 0 Å². The maximum Gasteiger partial charge on any atom is 0.0175 e. The lowest BCUT2D eigenvalue weighted by Gasteiger charge is -2.27. The molecule has 0 aromatic heterocycles. The zero-order chi connectivity index (χ0) is 29.1. The fourth-order valence-electron chi connectivity index (χ4n) is 6.27. The topological polar surface area (TPSA) is 0 Å². The summed E-state index contributed by atoms with van der Waals surface area (Å²) in [6.45, 7) is 14.0. The van der Waals surface area contributed by atoms with Gasteiger partial charge in [-0.05, 0) is 120 Å². The van der Waals surface area contributed by atoms with Crippen molar-refractivity contribution in [2.45, 2.75) is 58.8 Å². The molecule has 0 amide bonds. The minimum atomic E-state index is -0.0850. The van der Waals surface area contributed by atoms with Crippen LogP contribution in [0.15, 0.2) is 100.0 Å². The van der Waals surface area contributed by atoms with Crippen LogP contribution in [0.2, 0.25) is 0 Å². The summed E-state index contributed by atoms with van der Waals surface area (Å²) in [6.07, 6.45) is 10.2. The molecule has 0 radical (unpaired) electrons. The molecule has 2 aliphatic rings. The van der Waals surface area contributed by atoms with Crippen molar-refractivity contribution in [1.82, 2.24) is 0 Å². The molecule has 0 nitrogen and oxygen atoms in total. The second kappa shape index (κ2) is 10.4. The van der Waals surface area contributed by atoms with Gasteiger partial charge < -0.3 is 0 Å². The van der Waals surface area contributed by atoms with Gasteiger partial charge in [0.15, 0.2) is 0 Å². The van der Waals surface area contributed by atoms with Crippen LogP contribution in [0.4, 0.5) is 0 Å². The molecule has 206 valence electrons. The van der Waals surface area contributed by atoms with Gasteiger partial charge >= 0.3 is 0 Å². The minimum Gasteiger partial charge on any atom is -0.0801 e. The lowest BCUT2D eigenvalue weighted by Crippen LogP contribution is -2.32. The van der Waals surface area contributed by atoms with Crippen molar-refractivity contribution in [3.8, 4) is 11.1 Å². The lowest BCUT2D eigenvalue weighted by atomic mass is 9.76. The number of hydrogen-bond donors (Lipinski definition) is 0. The van der Waals surface area contributed by atoms with Crippen LogP contribution in [0.1, 0.15) is 81.3 Å². The Morgan fingerprint density at radius 2 is 1.29 bits per heavy atom. The van der Waals surface area contributed by atoms with E-state index in [2.05, 4.69) is 171 Å². The van der Waals surface area contributed by atoms with E-state index >= 15 is 0 Å². The van der Waals surface area contributed by atoms with Crippen LogP contribution in [0, 0.1) is 0 Å². The van der Waals surface area contributed by atoms with Gasteiger partial charge in [0, 0.05) is 8.95 Å². The molecular weight excluding hydrogens is 628 g/mol. The van der Waals surface area contributed by atoms with Gasteiger partial charge in [0.1, 0.15) is 0 Å². The third-order valence-electron chi connectivity index (χ3n) is 8.25. The Morgan fingerprint density at radius 1 is 0.683 bits per heavy atom. The Balaban J connectivity index is 1.82. The minimum absolute atomic E-state index is 0.0850. The van der Waals surface area contributed by atoms with Gasteiger partial charge in [-0.25, -0.2) is 0 Å². The molecule has 4 aromatic rings. The summed E-state index contributed by atoms with van der Waals surface area (Å²) in [5.74, 6) is 0. The zero-order valence-electron chi connectivity index (χ0n) is 24.7. The van der Waals surface area contributed by atoms with Crippen molar-refractivity contribution < 1.29 is 0 Å². The van der Waals surface area contributed by atoms with E-state index in [0.29, 0.717) is 0 Å². The zero-order valence-corrected chi connectivity index (χ0v) is 27.9. The van der Waals surface area contributed by atoms with Crippen LogP contribution in [0.25, 0.3) is 28.3 Å². The Hall–Kier alpha value is -2.94. The Morgan fingerprint density at radius 3 is 1.80 bits per heavy atom. The number of halogens is 2. The summed E-state index contributed by atoms with van der Waals surface area (Å²) < 4.78 is 2.17. The summed E-state index contributed by atoms with van der Waals surface area (Å²) in [4.78, 5) is 0. The second-order valence-corrected chi connectivity index (χ2v) is 15.1. The second-order valence-electron chi connectivity index (χ2n) is 13.3. The molecule has 0 spiro atoms. The molecule has 0 fully saturated rings. The normalized spacial score (nSPS) is 14.0. The van der Waals surface area contributed by atoms with Crippen molar-refractivity contribution in [2.24, 2.45) is 0 Å². The maximum absolute atomic E-state index is 3.66. The van der Waals surface area contributed by atoms with Gasteiger partial charge in [0.05, 0.1) is 0 Å². The molecule has 0 saturated heterocycles. The number of benzene rings is 4. The van der Waals surface area contributed by atoms with Crippen LogP contribution in [-0.2, 0) is 10.8 Å². The van der Waals surface area contributed by atoms with Gasteiger partial charge in [0.25, 0.3) is 0 Å². The van der Waals surface area contributed by atoms with E-state index in [-0.39, 0.29) is 10.8 Å². The number of fused-ring (bicyclic) bond motifs is 3. The monoisotopic (exact) mass is 662 g/mol. The highest BCUT2D eigenvalue weighted by Crippen LogP contribution is 2.38. The molecule has 41 heavy (non-hydrogen) atoms. The Bertz CT molecular complexity index is 1800. The summed E-state index contributed by atoms with van der Waals surface area (Å²) in [5, 5.41) is 2.67. The SMILES string of the molecule is CC(C)(C)c1ccc2c(c1)C=c1c-2cc(=C(c2ccc(Br)cc2)c2ccc(Br)cc2)c(C(C)(C)C)c1C1=CC=CC1. The van der Waals surface area contributed by atoms with Gasteiger partial charge in [-0.3, -0.25) is 0 Å². The fourth-order valence-corrected chi connectivity index (χ4v) is 6.80. The molecule has 0 bridgehead atoms. The molecular formula is C39H36Br2. The van der Waals surface area contributed by atoms with E-state index in [9.17, 15) is 0 Å². The van der Waals surface area contributed by atoms with Crippen LogP contribution in [0.3, 0.4) is 0 Å². The quantitative estimate of drug-likeness (QED) is 0.180. The van der Waals surface area contributed by atoms with Crippen molar-refractivity contribution in [1.29, 1.82) is 0 Å². The molecule has 2 heteroatoms. The summed E-state index contributed by atoms with van der Waals surface area (Å²) >= 11 is 7.33. The third kappa shape index (κ3) is 5.26. The third-order valence-corrected chi connectivity index (χ3v) is 9.31. The molecule has 0 unspecified atom stereocenters. The lowest BCUT2D eigenvalue weighted by molar-refractivity contribution is 0.583. The molecule has 0 aliphatic heterocycles. The molecule has 0 saturated carbocycles. The molecule has 0 heterocycles. The average Bonchev–Trinajstić information content (AvgIpc) is 3.57. The molecule has 6 rings (SSSR count). The number of rotatable bonds is 3. The Labute approximate surface area is 261 Å². The van der Waals surface area contributed by atoms with Crippen LogP contribution in [0.5, 0.6) is 0 Å². The first-order valence-electron chi connectivity index (χ1n) is 14.4. The first kappa shape index (κ1) is 28.2. The maximum atomic E-state index is 3.66. The highest BCUT2D eigenvalue weighted by atomic mass is 79.9. The Kier molecular flexibility index (Phi) is 7.15. The highest BCUT2D eigenvalue weighted by molar-refractivity contribution is 9.10. The largest absolute Gasteiger partial charge is 0.0801 e. The van der Waals surface area contributed by atoms with Gasteiger partial charge in [-0.1, -0.05) is 134 Å². The van der Waals surface area contributed by atoms with Crippen molar-refractivity contribution in [3.05, 3.63) is 144 Å². The van der Waals surface area contributed by atoms with Crippen LogP contribution < -0.4 is 10.4 Å². The molecule has 4 aromatic carbocycles. The predicted molar refractivity (Wildman–Crippen MR) is 184 cm³/mol. The van der Waals surface area contributed by atoms with Gasteiger partial charge in [-0.2, -0.15) is 0 Å². The smallest absolute Gasteiger partial charge is 0.0175 e. The van der Waals surface area contributed by atoms with Crippen molar-refractivity contribution >= 4 is 49.1 Å². The van der Waals surface area contributed by atoms with E-state index in [1.54, 1.807) is 0 Å². The van der Waals surface area contributed by atoms with E-state index < -0.39 is 0 Å². The summed E-state index contributed by atoms with van der Waals surface area (Å²) in [6, 6.07) is 27.1. The van der Waals surface area contributed by atoms with Crippen LogP contribution in [-0.4, -0.2) is 0 Å². The van der Waals surface area contributed by atoms with Gasteiger partial charge in [0.2, 0.25) is 0 Å². The first-order chi connectivity index (χ1) is 19.4. The van der Waals surface area contributed by atoms with Crippen molar-refractivity contribution in [3.63, 3.8) is 0 Å². The van der Waals surface area contributed by atoms with E-state index in [1.165, 1.54) is 66.1 Å². The molecule has 0 N–H and O–H groups in total. The highest BCUT2D eigenvalue weighted by Gasteiger charge is 2.29. The number of hydrogen-bond acceptors (Lipinski definition) is 0. The fraction of sp³-hybridized carbons (Fsp3) is 0.231. The van der Waals surface area contributed by atoms with Gasteiger partial charge in [-0.15, -0.1) is 0 Å². The first-order valence-corrected chi connectivity index (χ1v) is 16.0. The standard InChI is InChI=1S/C39H36Br2/c1-38(2,3)28-15-20-31-27(21-28)22-33-32(31)23-34(37(39(4,5)6)36(33)24-9-7-8-10-24)35(25-11-16-29(40)17-12-25)26-13-18-30(41)19-14-26/h7-9,11-23H,10H2,1-6H3. The average molecular weight is 665 g/mol. The summed E-state index contributed by atoms with van der Waals surface area (Å²) in [7, 11) is 0. The van der Waals surface area contributed by atoms with Crippen molar-refractivity contribution in [2.75, 3.05) is 0 Å². The van der Waals surface area contributed by atoms with Crippen LogP contribution >= 0.6 is 31.9 Å². The predicted octanol–water partition coefficient (Wildman–Crippen LogP) is 10.2. The van der Waals surface area contributed by atoms with E-state index in [1.807, 2.05) is 0 Å². The van der Waals surface area contributed by atoms with E-state index in [0.717, 1.165) is 15.4 Å². The molecule has 2 aliphatic carbocycles.